The van der Waals surface area contributed by atoms with E-state index >= 15 is 0 Å². The van der Waals surface area contributed by atoms with E-state index in [1.165, 1.54) is 28.3 Å². The van der Waals surface area contributed by atoms with E-state index < -0.39 is 0 Å². The molecule has 0 fully saturated rings. The molecular weight excluding hydrogens is 265 g/mol. The van der Waals surface area contributed by atoms with Gasteiger partial charge in [0.05, 0.1) is 13.2 Å². The Bertz CT molecular complexity index is 654. The van der Waals surface area contributed by atoms with Gasteiger partial charge in [-0.3, -0.25) is 0 Å². The number of ether oxygens (including phenoxy) is 1. The van der Waals surface area contributed by atoms with Crippen molar-refractivity contribution >= 4 is 0 Å². The van der Waals surface area contributed by atoms with Crippen LogP contribution in [0.1, 0.15) is 33.9 Å². The van der Waals surface area contributed by atoms with Crippen LogP contribution in [0.15, 0.2) is 36.4 Å². The lowest BCUT2D eigenvalue weighted by atomic mass is 9.94. The van der Waals surface area contributed by atoms with E-state index in [0.29, 0.717) is 6.61 Å². The molecule has 0 saturated carbocycles. The monoisotopic (exact) mass is 285 g/mol. The van der Waals surface area contributed by atoms with E-state index in [9.17, 15) is 4.39 Å². The molecule has 1 aliphatic heterocycles. The van der Waals surface area contributed by atoms with Crippen LogP contribution in [0.4, 0.5) is 4.39 Å². The fourth-order valence-electron chi connectivity index (χ4n) is 2.90. The maximum absolute atomic E-state index is 13.2. The third-order valence-corrected chi connectivity index (χ3v) is 4.22. The van der Waals surface area contributed by atoms with Crippen molar-refractivity contribution in [2.75, 3.05) is 7.05 Å². The molecule has 21 heavy (non-hydrogen) atoms. The van der Waals surface area contributed by atoms with Crippen LogP contribution in [0, 0.1) is 12.7 Å². The van der Waals surface area contributed by atoms with Gasteiger partial charge in [0.15, 0.2) is 0 Å². The van der Waals surface area contributed by atoms with Crippen LogP contribution in [0.5, 0.6) is 0 Å². The summed E-state index contributed by atoms with van der Waals surface area (Å²) >= 11 is 0. The zero-order valence-electron chi connectivity index (χ0n) is 12.4. The van der Waals surface area contributed by atoms with Crippen molar-refractivity contribution in [2.24, 2.45) is 0 Å². The van der Waals surface area contributed by atoms with E-state index in [2.05, 4.69) is 23.5 Å². The first-order valence-electron chi connectivity index (χ1n) is 7.29. The molecule has 3 rings (SSSR count). The van der Waals surface area contributed by atoms with E-state index in [1.807, 2.05) is 20.0 Å². The lowest BCUT2D eigenvalue weighted by molar-refractivity contribution is 0.134. The Morgan fingerprint density at radius 2 is 1.95 bits per heavy atom. The summed E-state index contributed by atoms with van der Waals surface area (Å²) in [7, 11) is 1.97. The highest BCUT2D eigenvalue weighted by atomic mass is 19.1. The van der Waals surface area contributed by atoms with E-state index in [1.54, 1.807) is 6.07 Å². The van der Waals surface area contributed by atoms with E-state index in [-0.39, 0.29) is 11.9 Å². The van der Waals surface area contributed by atoms with Crippen molar-refractivity contribution in [3.63, 3.8) is 0 Å². The number of likely N-dealkylation sites (N-methyl/N-ethyl adjacent to an activating group) is 1. The first-order valence-corrected chi connectivity index (χ1v) is 7.29. The number of hydrogen-bond donors (Lipinski definition) is 1. The summed E-state index contributed by atoms with van der Waals surface area (Å²) < 4.78 is 18.7. The predicted octanol–water partition coefficient (Wildman–Crippen LogP) is 3.67. The summed E-state index contributed by atoms with van der Waals surface area (Å²) in [6.07, 6.45) is 0.849. The van der Waals surface area contributed by atoms with Gasteiger partial charge in [0.2, 0.25) is 0 Å². The molecule has 2 aromatic carbocycles. The van der Waals surface area contributed by atoms with E-state index in [4.69, 9.17) is 4.74 Å². The number of aryl methyl sites for hydroxylation is 1. The van der Waals surface area contributed by atoms with Gasteiger partial charge in [-0.25, -0.2) is 4.39 Å². The molecule has 0 saturated heterocycles. The van der Waals surface area contributed by atoms with Crippen LogP contribution in [0.2, 0.25) is 0 Å². The Morgan fingerprint density at radius 3 is 2.71 bits per heavy atom. The minimum Gasteiger partial charge on any atom is -0.372 e. The molecular formula is C18H20FNO. The average Bonchev–Trinajstić information content (AvgIpc) is 2.94. The molecule has 3 heteroatoms. The Hall–Kier alpha value is -1.71. The molecule has 1 heterocycles. The molecule has 2 nitrogen and oxygen atoms in total. The second kappa shape index (κ2) is 5.96. The molecule has 1 aliphatic rings. The molecule has 0 aliphatic carbocycles. The predicted molar refractivity (Wildman–Crippen MR) is 81.6 cm³/mol. The van der Waals surface area contributed by atoms with Crippen molar-refractivity contribution in [1.82, 2.24) is 5.32 Å². The summed E-state index contributed by atoms with van der Waals surface area (Å²) in [4.78, 5) is 0. The standard InChI is InChI=1S/C18H20FNO/c1-12-7-17(19)6-5-13(12)9-18(20-2)14-3-4-15-10-21-11-16(15)8-14/h3-8,18,20H,9-11H2,1-2H3. The highest BCUT2D eigenvalue weighted by Gasteiger charge is 2.16. The van der Waals surface area contributed by atoms with Crippen LogP contribution < -0.4 is 5.32 Å². The largest absolute Gasteiger partial charge is 0.372 e. The van der Waals surface area contributed by atoms with Crippen LogP contribution in [0.3, 0.4) is 0 Å². The van der Waals surface area contributed by atoms with Crippen molar-refractivity contribution in [2.45, 2.75) is 32.6 Å². The molecule has 0 amide bonds. The Kier molecular flexibility index (Phi) is 4.04. The van der Waals surface area contributed by atoms with Crippen LogP contribution in [0.25, 0.3) is 0 Å². The first kappa shape index (κ1) is 14.2. The fraction of sp³-hybridized carbons (Fsp3) is 0.333. The van der Waals surface area contributed by atoms with Gasteiger partial charge in [0, 0.05) is 6.04 Å². The molecule has 2 aromatic rings. The Labute approximate surface area is 125 Å². The molecule has 110 valence electrons. The maximum Gasteiger partial charge on any atom is 0.123 e. The maximum atomic E-state index is 13.2. The van der Waals surface area contributed by atoms with Gasteiger partial charge in [-0.15, -0.1) is 0 Å². The van der Waals surface area contributed by atoms with E-state index in [0.717, 1.165) is 18.6 Å². The van der Waals surface area contributed by atoms with Gasteiger partial charge in [-0.1, -0.05) is 24.3 Å². The number of fused-ring (bicyclic) bond motifs is 1. The number of rotatable bonds is 4. The molecule has 1 atom stereocenters. The lowest BCUT2D eigenvalue weighted by Crippen LogP contribution is -2.19. The first-order chi connectivity index (χ1) is 10.2. The molecule has 0 spiro atoms. The number of benzene rings is 2. The van der Waals surface area contributed by atoms with Gasteiger partial charge in [0.1, 0.15) is 5.82 Å². The molecule has 0 bridgehead atoms. The van der Waals surface area contributed by atoms with Crippen molar-refractivity contribution in [1.29, 1.82) is 0 Å². The van der Waals surface area contributed by atoms with Crippen LogP contribution in [-0.2, 0) is 24.4 Å². The zero-order valence-corrected chi connectivity index (χ0v) is 12.4. The van der Waals surface area contributed by atoms with Gasteiger partial charge >= 0.3 is 0 Å². The van der Waals surface area contributed by atoms with Crippen molar-refractivity contribution in [3.8, 4) is 0 Å². The molecule has 1 unspecified atom stereocenters. The Balaban J connectivity index is 1.85. The highest BCUT2D eigenvalue weighted by molar-refractivity contribution is 5.36. The van der Waals surface area contributed by atoms with Crippen molar-refractivity contribution < 1.29 is 9.13 Å². The highest BCUT2D eigenvalue weighted by Crippen LogP contribution is 2.26. The normalized spacial score (nSPS) is 15.0. The summed E-state index contributed by atoms with van der Waals surface area (Å²) in [6, 6.07) is 11.8. The minimum atomic E-state index is -0.174. The molecule has 0 aromatic heterocycles. The lowest BCUT2D eigenvalue weighted by Gasteiger charge is -2.19. The fourth-order valence-corrected chi connectivity index (χ4v) is 2.90. The van der Waals surface area contributed by atoms with Crippen LogP contribution >= 0.6 is 0 Å². The topological polar surface area (TPSA) is 21.3 Å². The third kappa shape index (κ3) is 2.99. The van der Waals surface area contributed by atoms with Gasteiger partial charge < -0.3 is 10.1 Å². The Morgan fingerprint density at radius 1 is 1.14 bits per heavy atom. The quantitative estimate of drug-likeness (QED) is 0.925. The second-order valence-corrected chi connectivity index (χ2v) is 5.64. The van der Waals surface area contributed by atoms with Gasteiger partial charge in [-0.2, -0.15) is 0 Å². The van der Waals surface area contributed by atoms with Gasteiger partial charge in [0.25, 0.3) is 0 Å². The summed E-state index contributed by atoms with van der Waals surface area (Å²) in [5.74, 6) is -0.174. The summed E-state index contributed by atoms with van der Waals surface area (Å²) in [5.41, 5.74) is 5.99. The summed E-state index contributed by atoms with van der Waals surface area (Å²) in [5, 5.41) is 3.37. The number of halogens is 1. The van der Waals surface area contributed by atoms with Gasteiger partial charge in [-0.05, 0) is 60.3 Å². The van der Waals surface area contributed by atoms with Crippen molar-refractivity contribution in [3.05, 3.63) is 70.0 Å². The SMILES string of the molecule is CNC(Cc1ccc(F)cc1C)c1ccc2c(c1)COC2. The minimum absolute atomic E-state index is 0.174. The second-order valence-electron chi connectivity index (χ2n) is 5.64. The molecule has 1 N–H and O–H groups in total. The molecule has 0 radical (unpaired) electrons. The average molecular weight is 285 g/mol. The number of hydrogen-bond acceptors (Lipinski definition) is 2. The summed E-state index contributed by atoms with van der Waals surface area (Å²) in [6.45, 7) is 3.38. The zero-order chi connectivity index (χ0) is 14.8. The van der Waals surface area contributed by atoms with Crippen LogP contribution in [-0.4, -0.2) is 7.05 Å². The smallest absolute Gasteiger partial charge is 0.123 e. The third-order valence-electron chi connectivity index (χ3n) is 4.22. The number of nitrogens with one attached hydrogen (secondary N) is 1.